The van der Waals surface area contributed by atoms with E-state index in [2.05, 4.69) is 43.3 Å². The first-order valence-electron chi connectivity index (χ1n) is 9.01. The van der Waals surface area contributed by atoms with Gasteiger partial charge < -0.3 is 9.42 Å². The van der Waals surface area contributed by atoms with Crippen molar-refractivity contribution >= 4 is 5.91 Å². The van der Waals surface area contributed by atoms with Crippen molar-refractivity contribution < 1.29 is 9.32 Å². The minimum Gasteiger partial charge on any atom is -0.360 e. The first-order valence-corrected chi connectivity index (χ1v) is 9.01. The molecule has 4 rings (SSSR count). The van der Waals surface area contributed by atoms with Gasteiger partial charge in [0.25, 0.3) is 5.91 Å². The predicted octanol–water partition coefficient (Wildman–Crippen LogP) is 4.27. The van der Waals surface area contributed by atoms with Gasteiger partial charge in [-0.25, -0.2) is 0 Å². The van der Waals surface area contributed by atoms with Gasteiger partial charge in [0.2, 0.25) is 0 Å². The second-order valence-corrected chi connectivity index (χ2v) is 7.17. The molecule has 2 fully saturated rings. The molecular weight excluding hydrogens is 300 g/mol. The van der Waals surface area contributed by atoms with Crippen molar-refractivity contribution in [2.45, 2.75) is 57.4 Å². The molecule has 2 heterocycles. The van der Waals surface area contributed by atoms with Crippen LogP contribution in [0.25, 0.3) is 0 Å². The summed E-state index contributed by atoms with van der Waals surface area (Å²) in [6.07, 6.45) is 4.28. The highest BCUT2D eigenvalue weighted by molar-refractivity contribution is 5.92. The molecule has 1 amide bonds. The number of benzene rings is 1. The van der Waals surface area contributed by atoms with Crippen LogP contribution in [0.3, 0.4) is 0 Å². The summed E-state index contributed by atoms with van der Waals surface area (Å²) in [5.41, 5.74) is 3.08. The van der Waals surface area contributed by atoms with Gasteiger partial charge in [0, 0.05) is 30.5 Å². The smallest absolute Gasteiger partial charge is 0.276 e. The standard InChI is InChI=1S/C20H24N2O2/c1-3-18-16(14-6-4-13(2)5-7-14)10-11-22(18)20(23)17-12-19(24-21-17)15-8-9-15/h4-7,12,15-16,18H,3,8-11H2,1-2H3/t16-,18+/m1/s1. The summed E-state index contributed by atoms with van der Waals surface area (Å²) in [4.78, 5) is 14.9. The Hall–Kier alpha value is -2.10. The molecule has 2 atom stereocenters. The zero-order chi connectivity index (χ0) is 16.7. The summed E-state index contributed by atoms with van der Waals surface area (Å²) in [6.45, 7) is 5.06. The lowest BCUT2D eigenvalue weighted by Gasteiger charge is -2.27. The zero-order valence-corrected chi connectivity index (χ0v) is 14.4. The van der Waals surface area contributed by atoms with Crippen molar-refractivity contribution in [1.82, 2.24) is 10.1 Å². The van der Waals surface area contributed by atoms with Crippen molar-refractivity contribution in [2.75, 3.05) is 6.54 Å². The number of rotatable bonds is 4. The van der Waals surface area contributed by atoms with Crippen LogP contribution >= 0.6 is 0 Å². The van der Waals surface area contributed by atoms with E-state index in [1.54, 1.807) is 0 Å². The van der Waals surface area contributed by atoms with Gasteiger partial charge in [-0.05, 0) is 38.2 Å². The van der Waals surface area contributed by atoms with Gasteiger partial charge in [0.15, 0.2) is 5.69 Å². The lowest BCUT2D eigenvalue weighted by molar-refractivity contribution is 0.0716. The molecule has 2 aliphatic rings. The highest BCUT2D eigenvalue weighted by Gasteiger charge is 2.38. The van der Waals surface area contributed by atoms with E-state index in [1.807, 2.05) is 11.0 Å². The van der Waals surface area contributed by atoms with Crippen molar-refractivity contribution in [3.8, 4) is 0 Å². The molecule has 0 bridgehead atoms. The first-order chi connectivity index (χ1) is 11.7. The predicted molar refractivity (Wildman–Crippen MR) is 92.1 cm³/mol. The fourth-order valence-electron chi connectivity index (χ4n) is 3.91. The second kappa shape index (κ2) is 6.08. The van der Waals surface area contributed by atoms with E-state index in [-0.39, 0.29) is 11.9 Å². The van der Waals surface area contributed by atoms with E-state index in [1.165, 1.54) is 11.1 Å². The number of carbonyl (C=O) groups is 1. The lowest BCUT2D eigenvalue weighted by Crippen LogP contribution is -2.37. The van der Waals surface area contributed by atoms with Gasteiger partial charge in [-0.3, -0.25) is 4.79 Å². The molecule has 0 spiro atoms. The molecule has 0 N–H and O–H groups in total. The molecule has 1 saturated heterocycles. The van der Waals surface area contributed by atoms with Crippen LogP contribution in [0.5, 0.6) is 0 Å². The summed E-state index contributed by atoms with van der Waals surface area (Å²) >= 11 is 0. The number of hydrogen-bond donors (Lipinski definition) is 0. The monoisotopic (exact) mass is 324 g/mol. The lowest BCUT2D eigenvalue weighted by atomic mass is 9.90. The Bertz CT molecular complexity index is 730. The van der Waals surface area contributed by atoms with E-state index < -0.39 is 0 Å². The minimum absolute atomic E-state index is 0.0205. The van der Waals surface area contributed by atoms with E-state index in [4.69, 9.17) is 4.52 Å². The fourth-order valence-corrected chi connectivity index (χ4v) is 3.91. The van der Waals surface area contributed by atoms with Crippen molar-refractivity contribution in [2.24, 2.45) is 0 Å². The van der Waals surface area contributed by atoms with Crippen LogP contribution in [0, 0.1) is 6.92 Å². The maximum Gasteiger partial charge on any atom is 0.276 e. The molecule has 24 heavy (non-hydrogen) atoms. The van der Waals surface area contributed by atoms with Crippen LogP contribution in [0.2, 0.25) is 0 Å². The van der Waals surface area contributed by atoms with Crippen molar-refractivity contribution in [3.05, 3.63) is 52.9 Å². The number of likely N-dealkylation sites (tertiary alicyclic amines) is 1. The molecule has 1 aliphatic carbocycles. The van der Waals surface area contributed by atoms with Crippen LogP contribution in [0.4, 0.5) is 0 Å². The Labute approximate surface area is 142 Å². The Morgan fingerprint density at radius 3 is 2.67 bits per heavy atom. The highest BCUT2D eigenvalue weighted by atomic mass is 16.5. The van der Waals surface area contributed by atoms with Crippen LogP contribution in [-0.4, -0.2) is 28.6 Å². The Balaban J connectivity index is 1.54. The summed E-state index contributed by atoms with van der Waals surface area (Å²) in [5, 5.41) is 4.03. The third-order valence-electron chi connectivity index (χ3n) is 5.46. The zero-order valence-electron chi connectivity index (χ0n) is 14.4. The summed E-state index contributed by atoms with van der Waals surface area (Å²) < 4.78 is 5.37. The summed E-state index contributed by atoms with van der Waals surface area (Å²) in [6, 6.07) is 10.8. The maximum absolute atomic E-state index is 12.9. The van der Waals surface area contributed by atoms with Gasteiger partial charge in [-0.2, -0.15) is 0 Å². The van der Waals surface area contributed by atoms with Gasteiger partial charge in [0.05, 0.1) is 0 Å². The Morgan fingerprint density at radius 1 is 1.25 bits per heavy atom. The number of aryl methyl sites for hydroxylation is 1. The third kappa shape index (κ3) is 2.74. The molecule has 1 saturated carbocycles. The SMILES string of the molecule is CC[C@H]1[C@@H](c2ccc(C)cc2)CCN1C(=O)c1cc(C2CC2)on1. The van der Waals surface area contributed by atoms with Gasteiger partial charge in [0.1, 0.15) is 5.76 Å². The van der Waals surface area contributed by atoms with E-state index in [9.17, 15) is 4.79 Å². The van der Waals surface area contributed by atoms with Crippen LogP contribution in [0.15, 0.2) is 34.9 Å². The van der Waals surface area contributed by atoms with Gasteiger partial charge >= 0.3 is 0 Å². The van der Waals surface area contributed by atoms with Gasteiger partial charge in [-0.1, -0.05) is 41.9 Å². The normalized spacial score (nSPS) is 23.7. The molecular formula is C20H24N2O2. The maximum atomic E-state index is 12.9. The van der Waals surface area contributed by atoms with Crippen LogP contribution in [0.1, 0.15) is 71.8 Å². The minimum atomic E-state index is 0.0205. The van der Waals surface area contributed by atoms with Crippen molar-refractivity contribution in [3.63, 3.8) is 0 Å². The number of hydrogen-bond acceptors (Lipinski definition) is 3. The molecule has 0 radical (unpaired) electrons. The summed E-state index contributed by atoms with van der Waals surface area (Å²) in [7, 11) is 0. The molecule has 2 aromatic rings. The Morgan fingerprint density at radius 2 is 2.00 bits per heavy atom. The third-order valence-corrected chi connectivity index (χ3v) is 5.46. The fraction of sp³-hybridized carbons (Fsp3) is 0.500. The quantitative estimate of drug-likeness (QED) is 0.844. The number of aromatic nitrogens is 1. The number of nitrogens with zero attached hydrogens (tertiary/aromatic N) is 2. The van der Waals surface area contributed by atoms with Gasteiger partial charge in [-0.15, -0.1) is 0 Å². The average Bonchev–Trinajstić information content (AvgIpc) is 3.18. The van der Waals surface area contributed by atoms with E-state index in [0.717, 1.165) is 38.0 Å². The first kappa shape index (κ1) is 15.4. The average molecular weight is 324 g/mol. The van der Waals surface area contributed by atoms with E-state index >= 15 is 0 Å². The second-order valence-electron chi connectivity index (χ2n) is 7.17. The number of carbonyl (C=O) groups excluding carboxylic acids is 1. The van der Waals surface area contributed by atoms with Crippen molar-refractivity contribution in [1.29, 1.82) is 0 Å². The molecule has 1 aromatic heterocycles. The molecule has 0 unspecified atom stereocenters. The van der Waals surface area contributed by atoms with E-state index in [0.29, 0.717) is 17.5 Å². The molecule has 126 valence electrons. The number of amides is 1. The largest absolute Gasteiger partial charge is 0.360 e. The molecule has 4 nitrogen and oxygen atoms in total. The molecule has 4 heteroatoms. The molecule has 1 aliphatic heterocycles. The summed E-state index contributed by atoms with van der Waals surface area (Å²) in [5.74, 6) is 1.79. The van der Waals surface area contributed by atoms with Crippen LogP contribution < -0.4 is 0 Å². The highest BCUT2D eigenvalue weighted by Crippen LogP contribution is 2.41. The molecule has 1 aromatic carbocycles. The van der Waals surface area contributed by atoms with Crippen LogP contribution in [-0.2, 0) is 0 Å². The Kier molecular flexibility index (Phi) is 3.91. The topological polar surface area (TPSA) is 46.3 Å².